The smallest absolute Gasteiger partial charge is 0.0874 e. The van der Waals surface area contributed by atoms with Crippen molar-refractivity contribution in [2.45, 2.75) is 32.3 Å². The second-order valence-electron chi connectivity index (χ2n) is 5.60. The highest BCUT2D eigenvalue weighted by molar-refractivity contribution is 5.50. The van der Waals surface area contributed by atoms with Crippen molar-refractivity contribution < 1.29 is 4.74 Å². The number of ether oxygens (including phenoxy) is 1. The molecule has 0 aromatic heterocycles. The molecule has 3 rings (SSSR count). The Kier molecular flexibility index (Phi) is 4.04. The molecule has 2 aliphatic rings. The van der Waals surface area contributed by atoms with E-state index in [0.29, 0.717) is 6.10 Å². The van der Waals surface area contributed by atoms with E-state index in [1.165, 1.54) is 36.1 Å². The molecule has 1 heterocycles. The standard InChI is InChI=1S/C16H24N2O/c1-2-18-8-9-19-16(12-18)11-17-15-7-6-13-4-3-5-14(13)10-15/h6-7,10,16-17H,2-5,8-9,11-12H2,1H3. The third kappa shape index (κ3) is 3.10. The van der Waals surface area contributed by atoms with Crippen molar-refractivity contribution in [2.75, 3.05) is 38.1 Å². The van der Waals surface area contributed by atoms with Gasteiger partial charge in [0.25, 0.3) is 0 Å². The molecule has 0 spiro atoms. The molecule has 0 amide bonds. The summed E-state index contributed by atoms with van der Waals surface area (Å²) < 4.78 is 5.82. The van der Waals surface area contributed by atoms with Crippen LogP contribution in [-0.2, 0) is 17.6 Å². The highest BCUT2D eigenvalue weighted by atomic mass is 16.5. The normalized spacial score (nSPS) is 23.3. The Balaban J connectivity index is 1.54. The Hall–Kier alpha value is -1.06. The molecular formula is C16H24N2O. The number of hydrogen-bond donors (Lipinski definition) is 1. The minimum atomic E-state index is 0.321. The number of hydrogen-bond acceptors (Lipinski definition) is 3. The van der Waals surface area contributed by atoms with E-state index < -0.39 is 0 Å². The van der Waals surface area contributed by atoms with Crippen LogP contribution in [0.25, 0.3) is 0 Å². The lowest BCUT2D eigenvalue weighted by Gasteiger charge is -2.32. The van der Waals surface area contributed by atoms with E-state index >= 15 is 0 Å². The summed E-state index contributed by atoms with van der Waals surface area (Å²) in [5.41, 5.74) is 4.32. The first-order valence-corrected chi connectivity index (χ1v) is 7.55. The molecule has 3 heteroatoms. The van der Waals surface area contributed by atoms with Crippen molar-refractivity contribution in [3.05, 3.63) is 29.3 Å². The SMILES string of the molecule is CCN1CCOC(CNc2ccc3c(c2)CCC3)C1. The molecule has 19 heavy (non-hydrogen) atoms. The number of rotatable bonds is 4. The Morgan fingerprint density at radius 2 is 2.21 bits per heavy atom. The zero-order valence-corrected chi connectivity index (χ0v) is 11.8. The first-order chi connectivity index (χ1) is 9.35. The van der Waals surface area contributed by atoms with Gasteiger partial charge in [0, 0.05) is 25.3 Å². The summed E-state index contributed by atoms with van der Waals surface area (Å²) in [6.07, 6.45) is 4.14. The van der Waals surface area contributed by atoms with Gasteiger partial charge < -0.3 is 10.1 Å². The van der Waals surface area contributed by atoms with Crippen LogP contribution in [0.5, 0.6) is 0 Å². The summed E-state index contributed by atoms with van der Waals surface area (Å²) in [4.78, 5) is 2.46. The van der Waals surface area contributed by atoms with Gasteiger partial charge in [-0.3, -0.25) is 4.90 Å². The molecule has 104 valence electrons. The van der Waals surface area contributed by atoms with E-state index in [0.717, 1.165) is 32.8 Å². The highest BCUT2D eigenvalue weighted by Crippen LogP contribution is 2.24. The van der Waals surface area contributed by atoms with Crippen molar-refractivity contribution in [3.63, 3.8) is 0 Å². The zero-order valence-electron chi connectivity index (χ0n) is 11.8. The van der Waals surface area contributed by atoms with Crippen LogP contribution in [0, 0.1) is 0 Å². The van der Waals surface area contributed by atoms with Crippen LogP contribution in [0.2, 0.25) is 0 Å². The second-order valence-corrected chi connectivity index (χ2v) is 5.60. The molecule has 3 nitrogen and oxygen atoms in total. The average Bonchev–Trinajstić information content (AvgIpc) is 2.93. The number of nitrogens with one attached hydrogen (secondary N) is 1. The molecule has 1 N–H and O–H groups in total. The van der Waals surface area contributed by atoms with Crippen LogP contribution in [-0.4, -0.2) is 43.8 Å². The van der Waals surface area contributed by atoms with Gasteiger partial charge in [-0.15, -0.1) is 0 Å². The van der Waals surface area contributed by atoms with Gasteiger partial charge >= 0.3 is 0 Å². The maximum Gasteiger partial charge on any atom is 0.0874 e. The van der Waals surface area contributed by atoms with E-state index in [9.17, 15) is 0 Å². The molecule has 1 aromatic carbocycles. The fourth-order valence-corrected chi connectivity index (χ4v) is 3.10. The Morgan fingerprint density at radius 3 is 3.11 bits per heavy atom. The number of fused-ring (bicyclic) bond motifs is 1. The highest BCUT2D eigenvalue weighted by Gasteiger charge is 2.19. The molecule has 1 aliphatic carbocycles. The van der Waals surface area contributed by atoms with Crippen molar-refractivity contribution in [1.82, 2.24) is 4.90 Å². The molecule has 1 atom stereocenters. The maximum atomic E-state index is 5.82. The van der Waals surface area contributed by atoms with E-state index in [1.54, 1.807) is 0 Å². The van der Waals surface area contributed by atoms with Gasteiger partial charge in [-0.1, -0.05) is 13.0 Å². The summed E-state index contributed by atoms with van der Waals surface area (Å²) in [6, 6.07) is 6.82. The van der Waals surface area contributed by atoms with Gasteiger partial charge in [0.1, 0.15) is 0 Å². The predicted octanol–water partition coefficient (Wildman–Crippen LogP) is 2.31. The largest absolute Gasteiger partial charge is 0.382 e. The first kappa shape index (κ1) is 12.9. The first-order valence-electron chi connectivity index (χ1n) is 7.55. The van der Waals surface area contributed by atoms with Crippen LogP contribution in [0.1, 0.15) is 24.5 Å². The topological polar surface area (TPSA) is 24.5 Å². The summed E-state index contributed by atoms with van der Waals surface area (Å²) in [7, 11) is 0. The van der Waals surface area contributed by atoms with Crippen LogP contribution in [0.3, 0.4) is 0 Å². The fraction of sp³-hybridized carbons (Fsp3) is 0.625. The summed E-state index contributed by atoms with van der Waals surface area (Å²) in [5, 5.41) is 3.54. The maximum absolute atomic E-state index is 5.82. The van der Waals surface area contributed by atoms with Gasteiger partial charge in [-0.2, -0.15) is 0 Å². The third-order valence-corrected chi connectivity index (χ3v) is 4.30. The fourth-order valence-electron chi connectivity index (χ4n) is 3.10. The van der Waals surface area contributed by atoms with Gasteiger partial charge in [0.2, 0.25) is 0 Å². The minimum Gasteiger partial charge on any atom is -0.382 e. The van der Waals surface area contributed by atoms with E-state index in [4.69, 9.17) is 4.74 Å². The molecular weight excluding hydrogens is 236 g/mol. The number of anilines is 1. The molecule has 1 fully saturated rings. The third-order valence-electron chi connectivity index (χ3n) is 4.30. The molecule has 1 aliphatic heterocycles. The number of likely N-dealkylation sites (N-methyl/N-ethyl adjacent to an activating group) is 1. The molecule has 0 saturated carbocycles. The monoisotopic (exact) mass is 260 g/mol. The van der Waals surface area contributed by atoms with E-state index in [2.05, 4.69) is 35.3 Å². The van der Waals surface area contributed by atoms with Gasteiger partial charge in [-0.05, 0) is 49.1 Å². The van der Waals surface area contributed by atoms with Crippen molar-refractivity contribution in [1.29, 1.82) is 0 Å². The molecule has 0 bridgehead atoms. The lowest BCUT2D eigenvalue weighted by Crippen LogP contribution is -2.45. The number of aryl methyl sites for hydroxylation is 2. The predicted molar refractivity (Wildman–Crippen MR) is 78.8 cm³/mol. The van der Waals surface area contributed by atoms with Crippen LogP contribution >= 0.6 is 0 Å². The van der Waals surface area contributed by atoms with Crippen LogP contribution in [0.4, 0.5) is 5.69 Å². The number of morpholine rings is 1. The number of nitrogens with zero attached hydrogens (tertiary/aromatic N) is 1. The van der Waals surface area contributed by atoms with Crippen LogP contribution < -0.4 is 5.32 Å². The van der Waals surface area contributed by atoms with Gasteiger partial charge in [-0.25, -0.2) is 0 Å². The van der Waals surface area contributed by atoms with E-state index in [1.807, 2.05) is 0 Å². The van der Waals surface area contributed by atoms with Crippen molar-refractivity contribution in [3.8, 4) is 0 Å². The zero-order chi connectivity index (χ0) is 13.1. The number of benzene rings is 1. The lowest BCUT2D eigenvalue weighted by molar-refractivity contribution is -0.0191. The summed E-state index contributed by atoms with van der Waals surface area (Å²) >= 11 is 0. The lowest BCUT2D eigenvalue weighted by atomic mass is 10.1. The molecule has 1 unspecified atom stereocenters. The molecule has 1 aromatic rings. The minimum absolute atomic E-state index is 0.321. The quantitative estimate of drug-likeness (QED) is 0.899. The molecule has 1 saturated heterocycles. The van der Waals surface area contributed by atoms with Crippen LogP contribution in [0.15, 0.2) is 18.2 Å². The average molecular weight is 260 g/mol. The van der Waals surface area contributed by atoms with Gasteiger partial charge in [0.15, 0.2) is 0 Å². The summed E-state index contributed by atoms with van der Waals surface area (Å²) in [6.45, 7) is 7.24. The Bertz CT molecular complexity index is 433. The van der Waals surface area contributed by atoms with Gasteiger partial charge in [0.05, 0.1) is 12.7 Å². The second kappa shape index (κ2) is 5.93. The Labute approximate surface area is 115 Å². The van der Waals surface area contributed by atoms with E-state index in [-0.39, 0.29) is 0 Å². The van der Waals surface area contributed by atoms with Crippen molar-refractivity contribution in [2.24, 2.45) is 0 Å². The molecule has 0 radical (unpaired) electrons. The summed E-state index contributed by atoms with van der Waals surface area (Å²) in [5.74, 6) is 0. The van der Waals surface area contributed by atoms with Crippen molar-refractivity contribution >= 4 is 5.69 Å². The Morgan fingerprint density at radius 1 is 1.32 bits per heavy atom.